The zero-order chi connectivity index (χ0) is 14.7. The van der Waals surface area contributed by atoms with Gasteiger partial charge < -0.3 is 10.2 Å². The van der Waals surface area contributed by atoms with Crippen LogP contribution in [0.5, 0.6) is 0 Å². The number of hydrogen-bond acceptors (Lipinski definition) is 2. The third-order valence-electron chi connectivity index (χ3n) is 5.41. The van der Waals surface area contributed by atoms with Gasteiger partial charge in [0.2, 0.25) is 0 Å². The summed E-state index contributed by atoms with van der Waals surface area (Å²) >= 11 is 0. The van der Waals surface area contributed by atoms with E-state index in [1.807, 2.05) is 0 Å². The number of rotatable bonds is 5. The second-order valence-corrected chi connectivity index (χ2v) is 6.70. The zero-order valence-electron chi connectivity index (χ0n) is 12.3. The second kappa shape index (κ2) is 6.59. The predicted octanol–water partition coefficient (Wildman–Crippen LogP) is 3.40. The Balaban J connectivity index is 2.06. The van der Waals surface area contributed by atoms with Gasteiger partial charge in [-0.05, 0) is 49.9 Å². The lowest BCUT2D eigenvalue weighted by Gasteiger charge is -2.44. The van der Waals surface area contributed by atoms with Gasteiger partial charge in [0.1, 0.15) is 0 Å². The van der Waals surface area contributed by atoms with Crippen LogP contribution in [0.4, 0.5) is 0 Å². The maximum absolute atomic E-state index is 11.5. The lowest BCUT2D eigenvalue weighted by atomic mass is 9.60. The van der Waals surface area contributed by atoms with Gasteiger partial charge in [-0.15, -0.1) is 0 Å². The summed E-state index contributed by atoms with van der Waals surface area (Å²) in [6.45, 7) is 2.15. The molecule has 0 aromatic carbocycles. The Hall–Kier alpha value is -1.06. The van der Waals surface area contributed by atoms with Crippen molar-refractivity contribution in [2.45, 2.75) is 58.3 Å². The molecule has 2 rings (SSSR count). The summed E-state index contributed by atoms with van der Waals surface area (Å²) in [5, 5.41) is 18.7. The van der Waals surface area contributed by atoms with Crippen molar-refractivity contribution < 1.29 is 19.8 Å². The third-order valence-corrected chi connectivity index (χ3v) is 5.41. The van der Waals surface area contributed by atoms with E-state index in [0.717, 1.165) is 38.5 Å². The Labute approximate surface area is 120 Å². The van der Waals surface area contributed by atoms with Gasteiger partial charge >= 0.3 is 11.9 Å². The van der Waals surface area contributed by atoms with Gasteiger partial charge in [-0.3, -0.25) is 9.59 Å². The molecule has 0 saturated heterocycles. The van der Waals surface area contributed by atoms with Crippen LogP contribution in [0.1, 0.15) is 58.3 Å². The largest absolute Gasteiger partial charge is 0.481 e. The fourth-order valence-corrected chi connectivity index (χ4v) is 4.38. The summed E-state index contributed by atoms with van der Waals surface area (Å²) < 4.78 is 0. The standard InChI is InChI=1S/C16H26O4/c1-2-3-4-10-7-12-9-11(15(17)18)5-6-13(12)14(8-10)16(19)20/h10-14H,2-9H2,1H3,(H,17,18)(H,19,20). The van der Waals surface area contributed by atoms with Gasteiger partial charge in [-0.1, -0.05) is 26.2 Å². The summed E-state index contributed by atoms with van der Waals surface area (Å²) in [6.07, 6.45) is 7.34. The Kier molecular flexibility index (Phi) is 5.06. The highest BCUT2D eigenvalue weighted by molar-refractivity contribution is 5.71. The van der Waals surface area contributed by atoms with Gasteiger partial charge in [0.25, 0.3) is 0 Å². The number of carbonyl (C=O) groups is 2. The van der Waals surface area contributed by atoms with Crippen LogP contribution >= 0.6 is 0 Å². The molecule has 0 heterocycles. The summed E-state index contributed by atoms with van der Waals surface area (Å²) in [5.41, 5.74) is 0. The van der Waals surface area contributed by atoms with Crippen LogP contribution in [-0.2, 0) is 9.59 Å². The van der Waals surface area contributed by atoms with Crippen LogP contribution in [0.15, 0.2) is 0 Å². The van der Waals surface area contributed by atoms with Crippen molar-refractivity contribution in [1.82, 2.24) is 0 Å². The van der Waals surface area contributed by atoms with E-state index in [9.17, 15) is 19.8 Å². The summed E-state index contributed by atoms with van der Waals surface area (Å²) in [7, 11) is 0. The maximum Gasteiger partial charge on any atom is 0.306 e. The van der Waals surface area contributed by atoms with E-state index in [-0.39, 0.29) is 17.8 Å². The maximum atomic E-state index is 11.5. The van der Waals surface area contributed by atoms with Gasteiger partial charge in [-0.25, -0.2) is 0 Å². The highest BCUT2D eigenvalue weighted by atomic mass is 16.4. The van der Waals surface area contributed by atoms with E-state index < -0.39 is 11.9 Å². The summed E-state index contributed by atoms with van der Waals surface area (Å²) in [4.78, 5) is 22.7. The molecule has 114 valence electrons. The first kappa shape index (κ1) is 15.3. The Morgan fingerprint density at radius 1 is 1.05 bits per heavy atom. The van der Waals surface area contributed by atoms with Crippen LogP contribution < -0.4 is 0 Å². The van der Waals surface area contributed by atoms with E-state index in [1.54, 1.807) is 0 Å². The first-order valence-electron chi connectivity index (χ1n) is 7.98. The molecular formula is C16H26O4. The highest BCUT2D eigenvalue weighted by Gasteiger charge is 2.45. The molecular weight excluding hydrogens is 256 g/mol. The SMILES string of the molecule is CCCCC1CC2CC(C(=O)O)CCC2C(C(=O)O)C1. The van der Waals surface area contributed by atoms with Crippen molar-refractivity contribution in [3.63, 3.8) is 0 Å². The van der Waals surface area contributed by atoms with Crippen molar-refractivity contribution in [1.29, 1.82) is 0 Å². The third kappa shape index (κ3) is 3.33. The van der Waals surface area contributed by atoms with Crippen LogP contribution in [0.3, 0.4) is 0 Å². The molecule has 0 aromatic rings. The lowest BCUT2D eigenvalue weighted by molar-refractivity contribution is -0.150. The van der Waals surface area contributed by atoms with Gasteiger partial charge in [-0.2, -0.15) is 0 Å². The van der Waals surface area contributed by atoms with Gasteiger partial charge in [0, 0.05) is 0 Å². The lowest BCUT2D eigenvalue weighted by Crippen LogP contribution is -2.41. The highest BCUT2D eigenvalue weighted by Crippen LogP contribution is 2.48. The van der Waals surface area contributed by atoms with E-state index in [4.69, 9.17) is 0 Å². The molecule has 5 unspecified atom stereocenters. The van der Waals surface area contributed by atoms with Crippen molar-refractivity contribution in [3.8, 4) is 0 Å². The molecule has 5 atom stereocenters. The number of carboxylic acids is 2. The first-order valence-corrected chi connectivity index (χ1v) is 7.98. The van der Waals surface area contributed by atoms with Crippen molar-refractivity contribution in [2.24, 2.45) is 29.6 Å². The van der Waals surface area contributed by atoms with E-state index >= 15 is 0 Å². The summed E-state index contributed by atoms with van der Waals surface area (Å²) in [5.74, 6) is -0.880. The quantitative estimate of drug-likeness (QED) is 0.810. The van der Waals surface area contributed by atoms with E-state index in [2.05, 4.69) is 6.92 Å². The molecule has 20 heavy (non-hydrogen) atoms. The molecule has 2 aliphatic rings. The molecule has 0 aliphatic heterocycles. The minimum atomic E-state index is -0.703. The molecule has 4 heteroatoms. The summed E-state index contributed by atoms with van der Waals surface area (Å²) in [6, 6.07) is 0. The minimum absolute atomic E-state index is 0.209. The smallest absolute Gasteiger partial charge is 0.306 e. The molecule has 2 fully saturated rings. The fourth-order valence-electron chi connectivity index (χ4n) is 4.38. The zero-order valence-corrected chi connectivity index (χ0v) is 12.3. The number of fused-ring (bicyclic) bond motifs is 1. The normalized spacial score (nSPS) is 37.1. The number of unbranched alkanes of at least 4 members (excludes halogenated alkanes) is 1. The molecule has 2 aliphatic carbocycles. The Bertz CT molecular complexity index is 365. The Morgan fingerprint density at radius 2 is 1.80 bits per heavy atom. The second-order valence-electron chi connectivity index (χ2n) is 6.70. The number of aliphatic carboxylic acids is 2. The van der Waals surface area contributed by atoms with Crippen LogP contribution in [0, 0.1) is 29.6 Å². The van der Waals surface area contributed by atoms with Crippen LogP contribution in [0.2, 0.25) is 0 Å². The molecule has 0 bridgehead atoms. The van der Waals surface area contributed by atoms with E-state index in [0.29, 0.717) is 24.7 Å². The van der Waals surface area contributed by atoms with E-state index in [1.165, 1.54) is 0 Å². The van der Waals surface area contributed by atoms with Crippen molar-refractivity contribution >= 4 is 11.9 Å². The van der Waals surface area contributed by atoms with Crippen LogP contribution in [0.25, 0.3) is 0 Å². The predicted molar refractivity (Wildman–Crippen MR) is 75.3 cm³/mol. The topological polar surface area (TPSA) is 74.6 Å². The monoisotopic (exact) mass is 282 g/mol. The molecule has 0 radical (unpaired) electrons. The Morgan fingerprint density at radius 3 is 2.40 bits per heavy atom. The minimum Gasteiger partial charge on any atom is -0.481 e. The molecule has 0 aromatic heterocycles. The number of hydrogen-bond donors (Lipinski definition) is 2. The average Bonchev–Trinajstić information content (AvgIpc) is 2.43. The van der Waals surface area contributed by atoms with Crippen molar-refractivity contribution in [3.05, 3.63) is 0 Å². The first-order chi connectivity index (χ1) is 9.52. The van der Waals surface area contributed by atoms with Gasteiger partial charge in [0.05, 0.1) is 11.8 Å². The molecule has 0 amide bonds. The number of carboxylic acid groups (broad SMARTS) is 2. The van der Waals surface area contributed by atoms with Crippen molar-refractivity contribution in [2.75, 3.05) is 0 Å². The van der Waals surface area contributed by atoms with Gasteiger partial charge in [0.15, 0.2) is 0 Å². The fraction of sp³-hybridized carbons (Fsp3) is 0.875. The molecule has 0 spiro atoms. The molecule has 4 nitrogen and oxygen atoms in total. The molecule has 2 saturated carbocycles. The molecule has 2 N–H and O–H groups in total. The average molecular weight is 282 g/mol. The van der Waals surface area contributed by atoms with Crippen LogP contribution in [-0.4, -0.2) is 22.2 Å².